The number of piperidine rings is 1. The number of aromatic nitrogens is 1. The van der Waals surface area contributed by atoms with Gasteiger partial charge >= 0.3 is 0 Å². The first-order valence-corrected chi connectivity index (χ1v) is 9.14. The maximum absolute atomic E-state index is 10.7. The predicted molar refractivity (Wildman–Crippen MR) is 87.6 cm³/mol. The third kappa shape index (κ3) is 3.33. The van der Waals surface area contributed by atoms with Crippen molar-refractivity contribution in [2.24, 2.45) is 5.92 Å². The first-order chi connectivity index (χ1) is 9.87. The van der Waals surface area contributed by atoms with Gasteiger partial charge in [-0.3, -0.25) is 4.90 Å². The van der Waals surface area contributed by atoms with Crippen LogP contribution in [0.25, 0.3) is 0 Å². The molecule has 1 aromatic heterocycles. The Bertz CT molecular complexity index is 493. The van der Waals surface area contributed by atoms with Crippen molar-refractivity contribution in [3.63, 3.8) is 0 Å². The van der Waals surface area contributed by atoms with E-state index in [2.05, 4.69) is 31.1 Å². The molecule has 0 aromatic carbocycles. The van der Waals surface area contributed by atoms with Crippen LogP contribution in [0.5, 0.6) is 0 Å². The highest BCUT2D eigenvalue weighted by Gasteiger charge is 2.42. The molecule has 2 fully saturated rings. The second kappa shape index (κ2) is 5.64. The van der Waals surface area contributed by atoms with E-state index >= 15 is 0 Å². The Morgan fingerprint density at radius 1 is 1.38 bits per heavy atom. The lowest BCUT2D eigenvalue weighted by Crippen LogP contribution is -2.52. The molecule has 1 aromatic rings. The zero-order valence-corrected chi connectivity index (χ0v) is 14.4. The summed E-state index contributed by atoms with van der Waals surface area (Å²) in [6.07, 6.45) is 5.63. The molecule has 1 saturated heterocycles. The normalized spacial score (nSPS) is 31.1. The molecule has 1 N–H and O–H groups in total. The second-order valence-corrected chi connectivity index (χ2v) is 8.78. The summed E-state index contributed by atoms with van der Waals surface area (Å²) in [5.74, 6) is 0.473. The Kier molecular flexibility index (Phi) is 4.15. The van der Waals surface area contributed by atoms with Gasteiger partial charge in [-0.1, -0.05) is 33.6 Å². The highest BCUT2D eigenvalue weighted by atomic mass is 32.1. The molecule has 0 bridgehead atoms. The van der Waals surface area contributed by atoms with Crippen molar-refractivity contribution in [2.45, 2.75) is 70.4 Å². The molecule has 1 aliphatic carbocycles. The zero-order valence-electron chi connectivity index (χ0n) is 13.6. The predicted octanol–water partition coefficient (Wildman–Crippen LogP) is 3.57. The molecule has 2 atom stereocenters. The van der Waals surface area contributed by atoms with Crippen LogP contribution in [0.15, 0.2) is 5.38 Å². The van der Waals surface area contributed by atoms with Gasteiger partial charge in [0, 0.05) is 36.3 Å². The van der Waals surface area contributed by atoms with Crippen LogP contribution in [-0.2, 0) is 12.0 Å². The van der Waals surface area contributed by atoms with Gasteiger partial charge in [-0.05, 0) is 19.3 Å². The molecule has 1 aliphatic heterocycles. The molecule has 2 unspecified atom stereocenters. The molecular formula is C17H28N2OS. The number of hydrogen-bond acceptors (Lipinski definition) is 4. The number of fused-ring (bicyclic) bond motifs is 1. The Hall–Kier alpha value is -0.450. The Labute approximate surface area is 132 Å². The zero-order chi connectivity index (χ0) is 15.1. The maximum Gasteiger partial charge on any atom is 0.0982 e. The molecule has 2 aliphatic rings. The number of rotatable bonds is 2. The van der Waals surface area contributed by atoms with E-state index in [9.17, 15) is 5.11 Å². The summed E-state index contributed by atoms with van der Waals surface area (Å²) in [5, 5.41) is 14.2. The number of aliphatic hydroxyl groups is 1. The minimum absolute atomic E-state index is 0.147. The van der Waals surface area contributed by atoms with Crippen LogP contribution in [0, 0.1) is 5.92 Å². The number of likely N-dealkylation sites (tertiary alicyclic amines) is 1. The van der Waals surface area contributed by atoms with Crippen LogP contribution >= 0.6 is 11.3 Å². The monoisotopic (exact) mass is 308 g/mol. The summed E-state index contributed by atoms with van der Waals surface area (Å²) in [4.78, 5) is 7.30. The van der Waals surface area contributed by atoms with Crippen molar-refractivity contribution in [3.8, 4) is 0 Å². The quantitative estimate of drug-likeness (QED) is 0.907. The van der Waals surface area contributed by atoms with Gasteiger partial charge in [0.15, 0.2) is 0 Å². The molecule has 0 spiro atoms. The largest absolute Gasteiger partial charge is 0.390 e. The van der Waals surface area contributed by atoms with E-state index in [1.807, 2.05) is 0 Å². The van der Waals surface area contributed by atoms with E-state index in [1.54, 1.807) is 11.3 Å². The Morgan fingerprint density at radius 2 is 2.19 bits per heavy atom. The molecule has 3 rings (SSSR count). The van der Waals surface area contributed by atoms with E-state index in [1.165, 1.54) is 30.0 Å². The Balaban J connectivity index is 1.63. The van der Waals surface area contributed by atoms with E-state index < -0.39 is 0 Å². The third-order valence-electron chi connectivity index (χ3n) is 5.09. The topological polar surface area (TPSA) is 36.4 Å². The van der Waals surface area contributed by atoms with E-state index in [0.29, 0.717) is 5.92 Å². The highest BCUT2D eigenvalue weighted by molar-refractivity contribution is 7.09. The summed E-state index contributed by atoms with van der Waals surface area (Å²) >= 11 is 1.78. The van der Waals surface area contributed by atoms with Gasteiger partial charge in [0.25, 0.3) is 0 Å². The van der Waals surface area contributed by atoms with Gasteiger partial charge in [0.05, 0.1) is 16.3 Å². The molecule has 1 saturated carbocycles. The van der Waals surface area contributed by atoms with Gasteiger partial charge in [-0.25, -0.2) is 4.98 Å². The molecule has 21 heavy (non-hydrogen) atoms. The van der Waals surface area contributed by atoms with Gasteiger partial charge in [-0.15, -0.1) is 11.3 Å². The molecule has 118 valence electrons. The van der Waals surface area contributed by atoms with E-state index in [0.717, 1.165) is 32.5 Å². The average Bonchev–Trinajstić information content (AvgIpc) is 2.87. The lowest BCUT2D eigenvalue weighted by molar-refractivity contribution is -0.0969. The molecule has 3 nitrogen and oxygen atoms in total. The fourth-order valence-electron chi connectivity index (χ4n) is 3.74. The van der Waals surface area contributed by atoms with Crippen molar-refractivity contribution < 1.29 is 5.11 Å². The highest BCUT2D eigenvalue weighted by Crippen LogP contribution is 2.40. The SMILES string of the molecule is CC(C)(C)c1nc(CN2CCC3(O)CCCCC3C2)cs1. The minimum atomic E-state index is -0.368. The van der Waals surface area contributed by atoms with Crippen molar-refractivity contribution >= 4 is 11.3 Å². The van der Waals surface area contributed by atoms with Crippen LogP contribution in [0.3, 0.4) is 0 Å². The standard InChI is InChI=1S/C17H28N2OS/c1-16(2,3)15-18-14(12-21-15)11-19-9-8-17(20)7-5-4-6-13(17)10-19/h12-13,20H,4-11H2,1-3H3. The summed E-state index contributed by atoms with van der Waals surface area (Å²) in [6, 6.07) is 0. The summed E-state index contributed by atoms with van der Waals surface area (Å²) < 4.78 is 0. The maximum atomic E-state index is 10.7. The van der Waals surface area contributed by atoms with Crippen molar-refractivity contribution in [2.75, 3.05) is 13.1 Å². The van der Waals surface area contributed by atoms with Crippen LogP contribution in [-0.4, -0.2) is 33.7 Å². The summed E-state index contributed by atoms with van der Waals surface area (Å²) in [5.41, 5.74) is 0.980. The lowest BCUT2D eigenvalue weighted by Gasteiger charge is -2.47. The lowest BCUT2D eigenvalue weighted by atomic mass is 9.71. The first kappa shape index (κ1) is 15.4. The van der Waals surface area contributed by atoms with E-state index in [4.69, 9.17) is 4.98 Å². The van der Waals surface area contributed by atoms with Gasteiger partial charge in [0.2, 0.25) is 0 Å². The van der Waals surface area contributed by atoms with Gasteiger partial charge in [0.1, 0.15) is 0 Å². The molecule has 4 heteroatoms. The van der Waals surface area contributed by atoms with Crippen LogP contribution in [0.4, 0.5) is 0 Å². The van der Waals surface area contributed by atoms with Crippen LogP contribution < -0.4 is 0 Å². The van der Waals surface area contributed by atoms with Crippen molar-refractivity contribution in [1.29, 1.82) is 0 Å². The molecule has 0 amide bonds. The van der Waals surface area contributed by atoms with Crippen LogP contribution in [0.2, 0.25) is 0 Å². The molecule has 2 heterocycles. The van der Waals surface area contributed by atoms with Gasteiger partial charge in [-0.2, -0.15) is 0 Å². The third-order valence-corrected chi connectivity index (χ3v) is 6.41. The molecule has 0 radical (unpaired) electrons. The fraction of sp³-hybridized carbons (Fsp3) is 0.824. The minimum Gasteiger partial charge on any atom is -0.390 e. The van der Waals surface area contributed by atoms with Gasteiger partial charge < -0.3 is 5.11 Å². The Morgan fingerprint density at radius 3 is 2.90 bits per heavy atom. The summed E-state index contributed by atoms with van der Waals surface area (Å²) in [6.45, 7) is 9.66. The fourth-order valence-corrected chi connectivity index (χ4v) is 4.63. The smallest absolute Gasteiger partial charge is 0.0982 e. The number of thiazole rings is 1. The summed E-state index contributed by atoms with van der Waals surface area (Å²) in [7, 11) is 0. The second-order valence-electron chi connectivity index (χ2n) is 7.93. The molecular weight excluding hydrogens is 280 g/mol. The first-order valence-electron chi connectivity index (χ1n) is 8.26. The average molecular weight is 308 g/mol. The van der Waals surface area contributed by atoms with Crippen LogP contribution in [0.1, 0.15) is 63.6 Å². The van der Waals surface area contributed by atoms with Crippen molar-refractivity contribution in [3.05, 3.63) is 16.1 Å². The number of nitrogens with zero attached hydrogens (tertiary/aromatic N) is 2. The number of hydrogen-bond donors (Lipinski definition) is 1. The van der Waals surface area contributed by atoms with E-state index in [-0.39, 0.29) is 11.0 Å². The van der Waals surface area contributed by atoms with Crippen molar-refractivity contribution in [1.82, 2.24) is 9.88 Å².